The number of ether oxygens (including phenoxy) is 7. The van der Waals surface area contributed by atoms with Gasteiger partial charge in [-0.2, -0.15) is 26.3 Å². The van der Waals surface area contributed by atoms with Crippen LogP contribution < -0.4 is 0 Å². The maximum absolute atomic E-state index is 13.8. The molecule has 0 aromatic rings. The fourth-order valence-corrected chi connectivity index (χ4v) is 2.58. The molecular formula is C14H22F6O7. The van der Waals surface area contributed by atoms with Crippen molar-refractivity contribution in [1.29, 1.82) is 0 Å². The summed E-state index contributed by atoms with van der Waals surface area (Å²) in [6.07, 6.45) is -11.2. The Hall–Kier alpha value is -1.12. The molecule has 0 aliphatic carbocycles. The number of hydrogen-bond donors (Lipinski definition) is 0. The highest BCUT2D eigenvalue weighted by Crippen LogP contribution is 2.50. The lowest BCUT2D eigenvalue weighted by Gasteiger charge is -2.45. The lowest BCUT2D eigenvalue weighted by atomic mass is 9.90. The summed E-state index contributed by atoms with van der Waals surface area (Å²) < 4.78 is 115. The van der Waals surface area contributed by atoms with E-state index in [4.69, 9.17) is 28.4 Å². The molecule has 0 aliphatic rings. The zero-order valence-corrected chi connectivity index (χ0v) is 15.7. The molecule has 0 saturated heterocycles. The van der Waals surface area contributed by atoms with Gasteiger partial charge in [-0.1, -0.05) is 0 Å². The number of halogens is 6. The predicted molar refractivity (Wildman–Crippen MR) is 77.2 cm³/mol. The minimum Gasteiger partial charge on any atom is -0.492 e. The molecule has 7 nitrogen and oxygen atoms in total. The molecule has 0 aliphatic heterocycles. The van der Waals surface area contributed by atoms with Crippen molar-refractivity contribution in [3.8, 4) is 0 Å². The van der Waals surface area contributed by atoms with Crippen molar-refractivity contribution in [3.05, 3.63) is 11.3 Å². The zero-order chi connectivity index (χ0) is 21.7. The van der Waals surface area contributed by atoms with E-state index in [9.17, 15) is 26.3 Å². The van der Waals surface area contributed by atoms with Crippen molar-refractivity contribution in [2.75, 3.05) is 49.8 Å². The number of hydrogen-bond acceptors (Lipinski definition) is 7. The maximum Gasteiger partial charge on any atom is 0.449 e. The minimum absolute atomic E-state index is 0.424. The predicted octanol–water partition coefficient (Wildman–Crippen LogP) is 2.81. The standard InChI is InChI=1S/C14H22F6O7/c1-21-10(12(18,19)20)8(11(15,16)17)9(13(22-2,23-3)24-4)14(25-5,26-6)27-7/h9H,1-7H3/b10-8-. The molecule has 13 heteroatoms. The highest BCUT2D eigenvalue weighted by molar-refractivity contribution is 5.25. The Bertz CT molecular complexity index is 459. The van der Waals surface area contributed by atoms with E-state index in [1.165, 1.54) is 0 Å². The molecule has 0 bridgehead atoms. The second-order valence-corrected chi connectivity index (χ2v) is 4.81. The highest BCUT2D eigenvalue weighted by atomic mass is 19.4. The number of methoxy groups -OCH3 is 7. The van der Waals surface area contributed by atoms with Crippen LogP contribution in [0.1, 0.15) is 0 Å². The second-order valence-electron chi connectivity index (χ2n) is 4.81. The summed E-state index contributed by atoms with van der Waals surface area (Å²) in [7, 11) is 5.51. The van der Waals surface area contributed by atoms with Crippen LogP contribution in [0.25, 0.3) is 0 Å². The summed E-state index contributed by atoms with van der Waals surface area (Å²) >= 11 is 0. The first-order chi connectivity index (χ1) is 12.3. The van der Waals surface area contributed by atoms with E-state index < -0.39 is 41.5 Å². The number of rotatable bonds is 10. The maximum atomic E-state index is 13.8. The zero-order valence-electron chi connectivity index (χ0n) is 15.7. The van der Waals surface area contributed by atoms with Crippen molar-refractivity contribution >= 4 is 0 Å². The van der Waals surface area contributed by atoms with E-state index >= 15 is 0 Å². The molecule has 0 heterocycles. The Morgan fingerprint density at radius 3 is 1.00 bits per heavy atom. The normalized spacial score (nSPS) is 15.2. The molecule has 0 rings (SSSR count). The van der Waals surface area contributed by atoms with Crippen LogP contribution in [0.15, 0.2) is 11.3 Å². The monoisotopic (exact) mass is 416 g/mol. The van der Waals surface area contributed by atoms with Gasteiger partial charge in [0.25, 0.3) is 11.9 Å². The smallest absolute Gasteiger partial charge is 0.449 e. The van der Waals surface area contributed by atoms with Crippen LogP contribution in [0, 0.1) is 5.92 Å². The topological polar surface area (TPSA) is 64.6 Å². The van der Waals surface area contributed by atoms with E-state index in [2.05, 4.69) is 4.74 Å². The third-order valence-electron chi connectivity index (χ3n) is 3.71. The third kappa shape index (κ3) is 5.03. The summed E-state index contributed by atoms with van der Waals surface area (Å²) in [6, 6.07) is 0. The van der Waals surface area contributed by atoms with Crippen LogP contribution >= 0.6 is 0 Å². The quantitative estimate of drug-likeness (QED) is 0.308. The van der Waals surface area contributed by atoms with E-state index in [-0.39, 0.29) is 0 Å². The van der Waals surface area contributed by atoms with Gasteiger partial charge >= 0.3 is 12.4 Å². The lowest BCUT2D eigenvalue weighted by molar-refractivity contribution is -0.465. The van der Waals surface area contributed by atoms with Crippen LogP contribution in [0.4, 0.5) is 26.3 Å². The summed E-state index contributed by atoms with van der Waals surface area (Å²) in [4.78, 5) is 0. The van der Waals surface area contributed by atoms with Gasteiger partial charge in [-0.25, -0.2) is 0 Å². The van der Waals surface area contributed by atoms with Crippen molar-refractivity contribution in [3.63, 3.8) is 0 Å². The molecular weight excluding hydrogens is 394 g/mol. The fraction of sp³-hybridized carbons (Fsp3) is 0.857. The van der Waals surface area contributed by atoms with E-state index in [0.717, 1.165) is 42.7 Å². The van der Waals surface area contributed by atoms with Crippen LogP contribution in [-0.4, -0.2) is 74.1 Å². The summed E-state index contributed by atoms with van der Waals surface area (Å²) in [5.41, 5.74) is -2.30. The Morgan fingerprint density at radius 1 is 0.556 bits per heavy atom. The molecule has 0 fully saturated rings. The van der Waals surface area contributed by atoms with Crippen molar-refractivity contribution in [2.45, 2.75) is 24.3 Å². The first-order valence-corrected chi connectivity index (χ1v) is 7.04. The summed E-state index contributed by atoms with van der Waals surface area (Å²) in [6.45, 7) is 0. The van der Waals surface area contributed by atoms with Crippen molar-refractivity contribution in [2.24, 2.45) is 5.92 Å². The molecule has 0 radical (unpaired) electrons. The Morgan fingerprint density at radius 2 is 0.852 bits per heavy atom. The molecule has 0 N–H and O–H groups in total. The number of allylic oxidation sites excluding steroid dienone is 1. The summed E-state index contributed by atoms with van der Waals surface area (Å²) in [5, 5.41) is 0. The van der Waals surface area contributed by atoms with E-state index in [0.29, 0.717) is 7.11 Å². The highest BCUT2D eigenvalue weighted by Gasteiger charge is 2.66. The van der Waals surface area contributed by atoms with Gasteiger partial charge < -0.3 is 33.2 Å². The Kier molecular flexibility index (Phi) is 9.00. The van der Waals surface area contributed by atoms with Crippen LogP contribution in [-0.2, 0) is 33.2 Å². The Labute approximate surface area is 152 Å². The lowest BCUT2D eigenvalue weighted by Crippen LogP contribution is -2.60. The second kappa shape index (κ2) is 9.39. The molecule has 162 valence electrons. The molecule has 0 unspecified atom stereocenters. The van der Waals surface area contributed by atoms with Gasteiger partial charge in [-0.15, -0.1) is 0 Å². The average molecular weight is 416 g/mol. The van der Waals surface area contributed by atoms with Gasteiger partial charge in [0.2, 0.25) is 5.76 Å². The van der Waals surface area contributed by atoms with Gasteiger partial charge in [-0.05, 0) is 0 Å². The first-order valence-electron chi connectivity index (χ1n) is 7.04. The molecule has 0 aromatic carbocycles. The van der Waals surface area contributed by atoms with Gasteiger partial charge in [0.15, 0.2) is 5.92 Å². The van der Waals surface area contributed by atoms with Crippen molar-refractivity contribution in [1.82, 2.24) is 0 Å². The summed E-state index contributed by atoms with van der Waals surface area (Å²) in [5.74, 6) is -10.6. The molecule has 0 aromatic heterocycles. The molecule has 0 spiro atoms. The SMILES string of the molecule is CO/C(=C(/C(C(OC)(OC)OC)C(OC)(OC)OC)C(F)(F)F)C(F)(F)F. The molecule has 0 atom stereocenters. The fourth-order valence-electron chi connectivity index (χ4n) is 2.58. The molecule has 0 saturated carbocycles. The number of alkyl halides is 6. The molecule has 27 heavy (non-hydrogen) atoms. The molecule has 0 amide bonds. The van der Waals surface area contributed by atoms with Gasteiger partial charge in [-0.3, -0.25) is 0 Å². The largest absolute Gasteiger partial charge is 0.492 e. The van der Waals surface area contributed by atoms with Gasteiger partial charge in [0.1, 0.15) is 0 Å². The first kappa shape index (κ1) is 25.9. The van der Waals surface area contributed by atoms with E-state index in [1.54, 1.807) is 0 Å². The van der Waals surface area contributed by atoms with Crippen molar-refractivity contribution < 1.29 is 59.5 Å². The van der Waals surface area contributed by atoms with Gasteiger partial charge in [0, 0.05) is 42.7 Å². The van der Waals surface area contributed by atoms with Gasteiger partial charge in [0.05, 0.1) is 12.7 Å². The Balaban J connectivity index is 7.39. The van der Waals surface area contributed by atoms with Crippen LogP contribution in [0.2, 0.25) is 0 Å². The average Bonchev–Trinajstić information content (AvgIpc) is 2.59. The van der Waals surface area contributed by atoms with Crippen LogP contribution in [0.3, 0.4) is 0 Å². The van der Waals surface area contributed by atoms with E-state index in [1.807, 2.05) is 0 Å². The minimum atomic E-state index is -5.62. The third-order valence-corrected chi connectivity index (χ3v) is 3.71. The van der Waals surface area contributed by atoms with Crippen LogP contribution in [0.5, 0.6) is 0 Å².